The Morgan fingerprint density at radius 1 is 1.00 bits per heavy atom. The Morgan fingerprint density at radius 2 is 1.70 bits per heavy atom. The number of amides is 1. The van der Waals surface area contributed by atoms with Crippen LogP contribution in [0, 0.1) is 15.9 Å². The summed E-state index contributed by atoms with van der Waals surface area (Å²) in [4.78, 5) is 27.4. The standard InChI is InChI=1S/C21H23FN4O6S/c22-16-2-1-3-18(14-16)33(30,31)25-8-6-24(7-9-25)21(27)19-15-17(26(28)29)4-5-20(19)23-10-12-32-13-11-23/h1-5,14-15H,6-13H2. The van der Waals surface area contributed by atoms with E-state index >= 15 is 0 Å². The summed E-state index contributed by atoms with van der Waals surface area (Å²) in [5, 5.41) is 11.3. The lowest BCUT2D eigenvalue weighted by atomic mass is 10.1. The molecule has 4 rings (SSSR count). The van der Waals surface area contributed by atoms with E-state index in [0.29, 0.717) is 32.0 Å². The highest BCUT2D eigenvalue weighted by Gasteiger charge is 2.32. The van der Waals surface area contributed by atoms with Gasteiger partial charge in [-0.05, 0) is 24.3 Å². The largest absolute Gasteiger partial charge is 0.378 e. The minimum absolute atomic E-state index is 0.0341. The Hall–Kier alpha value is -3.09. The lowest BCUT2D eigenvalue weighted by Crippen LogP contribution is -2.50. The van der Waals surface area contributed by atoms with Crippen LogP contribution in [0.2, 0.25) is 0 Å². The molecule has 0 atom stereocenters. The van der Waals surface area contributed by atoms with E-state index in [1.165, 1.54) is 39.5 Å². The van der Waals surface area contributed by atoms with Crippen molar-refractivity contribution >= 4 is 27.3 Å². The van der Waals surface area contributed by atoms with Crippen molar-refractivity contribution in [2.75, 3.05) is 57.4 Å². The summed E-state index contributed by atoms with van der Waals surface area (Å²) in [6.07, 6.45) is 0. The number of anilines is 1. The predicted octanol–water partition coefficient (Wildman–Crippen LogP) is 1.72. The van der Waals surface area contributed by atoms with Gasteiger partial charge < -0.3 is 14.5 Å². The van der Waals surface area contributed by atoms with E-state index in [4.69, 9.17) is 4.74 Å². The Bertz CT molecular complexity index is 1160. The number of nitro groups is 1. The summed E-state index contributed by atoms with van der Waals surface area (Å²) < 4.78 is 45.7. The molecule has 0 bridgehead atoms. The van der Waals surface area contributed by atoms with Crippen LogP contribution in [0.5, 0.6) is 0 Å². The number of nitrogens with zero attached hydrogens (tertiary/aromatic N) is 4. The van der Waals surface area contributed by atoms with Crippen LogP contribution in [-0.4, -0.2) is 80.9 Å². The van der Waals surface area contributed by atoms with Gasteiger partial charge in [-0.3, -0.25) is 14.9 Å². The van der Waals surface area contributed by atoms with Gasteiger partial charge in [-0.15, -0.1) is 0 Å². The average Bonchev–Trinajstić information content (AvgIpc) is 2.84. The Balaban J connectivity index is 1.53. The maximum atomic E-state index is 13.5. The molecule has 0 unspecified atom stereocenters. The van der Waals surface area contributed by atoms with Crippen LogP contribution in [0.15, 0.2) is 47.4 Å². The van der Waals surface area contributed by atoms with Crippen molar-refractivity contribution in [3.05, 3.63) is 64.0 Å². The summed E-state index contributed by atoms with van der Waals surface area (Å²) in [6, 6.07) is 8.99. The van der Waals surface area contributed by atoms with E-state index in [1.54, 1.807) is 6.07 Å². The van der Waals surface area contributed by atoms with Gasteiger partial charge in [-0.1, -0.05) is 6.07 Å². The number of carbonyl (C=O) groups is 1. The molecular formula is C21H23FN4O6S. The molecule has 2 heterocycles. The summed E-state index contributed by atoms with van der Waals surface area (Å²) in [5.41, 5.74) is 0.596. The summed E-state index contributed by atoms with van der Waals surface area (Å²) in [5.74, 6) is -1.05. The Kier molecular flexibility index (Phi) is 6.58. The SMILES string of the molecule is O=C(c1cc([N+](=O)[O-])ccc1N1CCOCC1)N1CCN(S(=O)(=O)c2cccc(F)c2)CC1. The number of benzene rings is 2. The molecule has 2 aliphatic heterocycles. The second-order valence-electron chi connectivity index (χ2n) is 7.71. The van der Waals surface area contributed by atoms with Crippen LogP contribution >= 0.6 is 0 Å². The molecule has 10 nitrogen and oxygen atoms in total. The number of carbonyl (C=O) groups excluding carboxylic acids is 1. The molecule has 176 valence electrons. The molecule has 2 aromatic rings. The smallest absolute Gasteiger partial charge is 0.270 e. The van der Waals surface area contributed by atoms with Crippen molar-refractivity contribution in [1.29, 1.82) is 0 Å². The lowest BCUT2D eigenvalue weighted by molar-refractivity contribution is -0.384. The third-order valence-electron chi connectivity index (χ3n) is 5.73. The van der Waals surface area contributed by atoms with E-state index in [1.807, 2.05) is 4.90 Å². The van der Waals surface area contributed by atoms with Crippen molar-refractivity contribution in [2.24, 2.45) is 0 Å². The van der Waals surface area contributed by atoms with Crippen molar-refractivity contribution in [3.63, 3.8) is 0 Å². The number of hydrogen-bond acceptors (Lipinski definition) is 7. The molecule has 0 saturated carbocycles. The second kappa shape index (κ2) is 9.41. The van der Waals surface area contributed by atoms with Crippen molar-refractivity contribution in [3.8, 4) is 0 Å². The predicted molar refractivity (Wildman–Crippen MR) is 117 cm³/mol. The lowest BCUT2D eigenvalue weighted by Gasteiger charge is -2.35. The quantitative estimate of drug-likeness (QED) is 0.475. The van der Waals surface area contributed by atoms with Gasteiger partial charge in [0.05, 0.1) is 34.3 Å². The maximum absolute atomic E-state index is 13.5. The first kappa shape index (κ1) is 23.1. The minimum Gasteiger partial charge on any atom is -0.378 e. The van der Waals surface area contributed by atoms with Gasteiger partial charge in [0.15, 0.2) is 0 Å². The molecular weight excluding hydrogens is 455 g/mol. The van der Waals surface area contributed by atoms with E-state index in [-0.39, 0.29) is 42.3 Å². The highest BCUT2D eigenvalue weighted by Crippen LogP contribution is 2.28. The molecule has 0 aromatic heterocycles. The molecule has 2 aromatic carbocycles. The second-order valence-corrected chi connectivity index (χ2v) is 9.65. The van der Waals surface area contributed by atoms with Gasteiger partial charge in [-0.25, -0.2) is 12.8 Å². The number of halogens is 1. The van der Waals surface area contributed by atoms with E-state index in [9.17, 15) is 27.7 Å². The van der Waals surface area contributed by atoms with Crippen LogP contribution < -0.4 is 4.90 Å². The molecule has 12 heteroatoms. The van der Waals surface area contributed by atoms with Crippen LogP contribution in [0.1, 0.15) is 10.4 Å². The molecule has 0 N–H and O–H groups in total. The van der Waals surface area contributed by atoms with Crippen molar-refractivity contribution in [1.82, 2.24) is 9.21 Å². The van der Waals surface area contributed by atoms with Crippen molar-refractivity contribution < 1.29 is 27.3 Å². The fraction of sp³-hybridized carbons (Fsp3) is 0.381. The zero-order valence-corrected chi connectivity index (χ0v) is 18.5. The van der Waals surface area contributed by atoms with E-state index < -0.39 is 26.7 Å². The zero-order valence-electron chi connectivity index (χ0n) is 17.7. The summed E-state index contributed by atoms with van der Waals surface area (Å²) in [7, 11) is -3.90. The number of nitro benzene ring substituents is 1. The first-order valence-corrected chi connectivity index (χ1v) is 11.9. The average molecular weight is 479 g/mol. The number of non-ortho nitro benzene ring substituents is 1. The first-order chi connectivity index (χ1) is 15.8. The Morgan fingerprint density at radius 3 is 2.33 bits per heavy atom. The number of sulfonamides is 1. The molecule has 0 spiro atoms. The molecule has 2 saturated heterocycles. The van der Waals surface area contributed by atoms with Crippen LogP contribution in [-0.2, 0) is 14.8 Å². The van der Waals surface area contributed by atoms with E-state index in [2.05, 4.69) is 0 Å². The number of rotatable bonds is 5. The molecule has 1 amide bonds. The van der Waals surface area contributed by atoms with Crippen LogP contribution in [0.25, 0.3) is 0 Å². The van der Waals surface area contributed by atoms with Crippen LogP contribution in [0.3, 0.4) is 0 Å². The molecule has 0 radical (unpaired) electrons. The normalized spacial score (nSPS) is 17.7. The van der Waals surface area contributed by atoms with Crippen molar-refractivity contribution in [2.45, 2.75) is 4.90 Å². The minimum atomic E-state index is -3.90. The van der Waals surface area contributed by atoms with E-state index in [0.717, 1.165) is 6.07 Å². The highest BCUT2D eigenvalue weighted by atomic mass is 32.2. The van der Waals surface area contributed by atoms with Gasteiger partial charge in [0.1, 0.15) is 5.82 Å². The third-order valence-corrected chi connectivity index (χ3v) is 7.63. The fourth-order valence-corrected chi connectivity index (χ4v) is 5.42. The topological polar surface area (TPSA) is 113 Å². The molecule has 0 aliphatic carbocycles. The van der Waals surface area contributed by atoms with Crippen LogP contribution in [0.4, 0.5) is 15.8 Å². The van der Waals surface area contributed by atoms with Gasteiger partial charge >= 0.3 is 0 Å². The molecule has 2 aliphatic rings. The molecule has 2 fully saturated rings. The number of hydrogen-bond donors (Lipinski definition) is 0. The third kappa shape index (κ3) is 4.82. The van der Waals surface area contributed by atoms with Gasteiger partial charge in [0, 0.05) is 51.4 Å². The maximum Gasteiger partial charge on any atom is 0.270 e. The zero-order chi connectivity index (χ0) is 23.6. The highest BCUT2D eigenvalue weighted by molar-refractivity contribution is 7.89. The molecule has 33 heavy (non-hydrogen) atoms. The fourth-order valence-electron chi connectivity index (χ4n) is 3.97. The Labute approximate surface area is 190 Å². The number of piperazine rings is 1. The van der Waals surface area contributed by atoms with Gasteiger partial charge in [0.25, 0.3) is 11.6 Å². The first-order valence-electron chi connectivity index (χ1n) is 10.4. The number of ether oxygens (including phenoxy) is 1. The van der Waals surface area contributed by atoms with Gasteiger partial charge in [0.2, 0.25) is 10.0 Å². The summed E-state index contributed by atoms with van der Waals surface area (Å²) >= 11 is 0. The summed E-state index contributed by atoms with van der Waals surface area (Å²) in [6.45, 7) is 2.37. The number of morpholine rings is 1. The monoisotopic (exact) mass is 478 g/mol. The van der Waals surface area contributed by atoms with Gasteiger partial charge in [-0.2, -0.15) is 4.31 Å².